The first kappa shape index (κ1) is 14.7. The first-order valence-corrected chi connectivity index (χ1v) is 7.81. The Labute approximate surface area is 124 Å². The average Bonchev–Trinajstić information content (AvgIpc) is 2.92. The highest BCUT2D eigenvalue weighted by Gasteiger charge is 2.12. The van der Waals surface area contributed by atoms with E-state index in [1.54, 1.807) is 12.4 Å². The fraction of sp³-hybridized carbons (Fsp3) is 0.333. The molecule has 2 heterocycles. The monoisotopic (exact) mass is 310 g/mol. The number of rotatable bonds is 7. The molecule has 0 bridgehead atoms. The quantitative estimate of drug-likeness (QED) is 0.785. The van der Waals surface area contributed by atoms with Gasteiger partial charge in [0.15, 0.2) is 4.34 Å². The number of carboxylic acids is 1. The van der Waals surface area contributed by atoms with Gasteiger partial charge in [0.25, 0.3) is 0 Å². The molecule has 2 aromatic heterocycles. The van der Waals surface area contributed by atoms with Gasteiger partial charge in [-0.2, -0.15) is 0 Å². The molecule has 0 spiro atoms. The zero-order chi connectivity index (χ0) is 14.4. The second-order valence-electron chi connectivity index (χ2n) is 3.90. The van der Waals surface area contributed by atoms with Crippen molar-refractivity contribution in [2.75, 3.05) is 17.2 Å². The molecule has 0 unspecified atom stereocenters. The predicted octanol–water partition coefficient (Wildman–Crippen LogP) is 2.14. The predicted molar refractivity (Wildman–Crippen MR) is 79.2 cm³/mol. The van der Waals surface area contributed by atoms with Crippen LogP contribution in [0.1, 0.15) is 12.5 Å². The SMILES string of the molecule is CCN(Cc1ccncc1)c1nnc(SCC(=O)O)s1. The van der Waals surface area contributed by atoms with Crippen LogP contribution in [0.4, 0.5) is 5.13 Å². The van der Waals surface area contributed by atoms with Crippen LogP contribution in [0.25, 0.3) is 0 Å². The summed E-state index contributed by atoms with van der Waals surface area (Å²) in [5.41, 5.74) is 1.15. The highest BCUT2D eigenvalue weighted by molar-refractivity contribution is 8.01. The van der Waals surface area contributed by atoms with E-state index < -0.39 is 5.97 Å². The zero-order valence-corrected chi connectivity index (χ0v) is 12.5. The molecule has 106 valence electrons. The lowest BCUT2D eigenvalue weighted by atomic mass is 10.2. The maximum absolute atomic E-state index is 10.5. The zero-order valence-electron chi connectivity index (χ0n) is 10.9. The van der Waals surface area contributed by atoms with E-state index in [1.807, 2.05) is 19.1 Å². The van der Waals surface area contributed by atoms with Crippen molar-refractivity contribution in [3.05, 3.63) is 30.1 Å². The summed E-state index contributed by atoms with van der Waals surface area (Å²) in [6.07, 6.45) is 3.52. The van der Waals surface area contributed by atoms with Gasteiger partial charge in [0, 0.05) is 25.5 Å². The molecule has 8 heteroatoms. The number of anilines is 1. The van der Waals surface area contributed by atoms with Crippen molar-refractivity contribution in [3.8, 4) is 0 Å². The molecule has 0 aromatic carbocycles. The minimum absolute atomic E-state index is 0.00507. The number of thioether (sulfide) groups is 1. The van der Waals surface area contributed by atoms with E-state index in [1.165, 1.54) is 23.1 Å². The van der Waals surface area contributed by atoms with Crippen molar-refractivity contribution in [3.63, 3.8) is 0 Å². The Morgan fingerprint density at radius 1 is 1.40 bits per heavy atom. The Hall–Kier alpha value is -1.67. The van der Waals surface area contributed by atoms with Crippen LogP contribution < -0.4 is 4.90 Å². The van der Waals surface area contributed by atoms with E-state index >= 15 is 0 Å². The Kier molecular flexibility index (Phi) is 5.31. The summed E-state index contributed by atoms with van der Waals surface area (Å²) in [7, 11) is 0. The van der Waals surface area contributed by atoms with Gasteiger partial charge in [0.2, 0.25) is 5.13 Å². The molecular weight excluding hydrogens is 296 g/mol. The summed E-state index contributed by atoms with van der Waals surface area (Å²) in [4.78, 5) is 16.6. The Balaban J connectivity index is 2.02. The van der Waals surface area contributed by atoms with E-state index in [0.717, 1.165) is 23.8 Å². The fourth-order valence-corrected chi connectivity index (χ4v) is 3.16. The lowest BCUT2D eigenvalue weighted by Crippen LogP contribution is -2.21. The lowest BCUT2D eigenvalue weighted by Gasteiger charge is -2.18. The number of nitrogens with zero attached hydrogens (tertiary/aromatic N) is 4. The van der Waals surface area contributed by atoms with Gasteiger partial charge >= 0.3 is 5.97 Å². The average molecular weight is 310 g/mol. The molecule has 0 radical (unpaired) electrons. The topological polar surface area (TPSA) is 79.2 Å². The molecule has 0 aliphatic heterocycles. The third-order valence-corrected chi connectivity index (χ3v) is 4.59. The van der Waals surface area contributed by atoms with E-state index in [2.05, 4.69) is 20.1 Å². The molecular formula is C12H14N4O2S2. The summed E-state index contributed by atoms with van der Waals surface area (Å²) in [5, 5.41) is 17.6. The number of hydrogen-bond acceptors (Lipinski definition) is 7. The van der Waals surface area contributed by atoms with Crippen LogP contribution in [-0.2, 0) is 11.3 Å². The van der Waals surface area contributed by atoms with E-state index in [9.17, 15) is 4.79 Å². The molecule has 2 aromatic rings. The van der Waals surface area contributed by atoms with Crippen LogP contribution in [0.15, 0.2) is 28.9 Å². The minimum Gasteiger partial charge on any atom is -0.481 e. The molecule has 0 saturated heterocycles. The highest BCUT2D eigenvalue weighted by atomic mass is 32.2. The number of carboxylic acid groups (broad SMARTS) is 1. The molecule has 0 saturated carbocycles. The molecule has 0 amide bonds. The van der Waals surface area contributed by atoms with E-state index in [-0.39, 0.29) is 5.75 Å². The van der Waals surface area contributed by atoms with Crippen LogP contribution in [0, 0.1) is 0 Å². The van der Waals surface area contributed by atoms with Crippen molar-refractivity contribution in [2.24, 2.45) is 0 Å². The van der Waals surface area contributed by atoms with Crippen LogP contribution >= 0.6 is 23.1 Å². The standard InChI is InChI=1S/C12H14N4O2S2/c1-2-16(7-9-3-5-13-6-4-9)11-14-15-12(20-11)19-8-10(17)18/h3-6H,2,7-8H2,1H3,(H,17,18). The smallest absolute Gasteiger partial charge is 0.313 e. The van der Waals surface area contributed by atoms with Crippen LogP contribution in [0.3, 0.4) is 0 Å². The lowest BCUT2D eigenvalue weighted by molar-refractivity contribution is -0.133. The molecule has 0 aliphatic rings. The minimum atomic E-state index is -0.851. The van der Waals surface area contributed by atoms with E-state index in [0.29, 0.717) is 4.34 Å². The van der Waals surface area contributed by atoms with Crippen molar-refractivity contribution >= 4 is 34.2 Å². The van der Waals surface area contributed by atoms with Crippen molar-refractivity contribution in [1.82, 2.24) is 15.2 Å². The summed E-state index contributed by atoms with van der Waals surface area (Å²) in [6, 6.07) is 3.92. The van der Waals surface area contributed by atoms with Crippen LogP contribution in [-0.4, -0.2) is 38.6 Å². The number of aromatic nitrogens is 3. The largest absolute Gasteiger partial charge is 0.481 e. The summed E-state index contributed by atoms with van der Waals surface area (Å²) in [6.45, 7) is 3.59. The molecule has 2 rings (SSSR count). The highest BCUT2D eigenvalue weighted by Crippen LogP contribution is 2.28. The van der Waals surface area contributed by atoms with Gasteiger partial charge < -0.3 is 10.0 Å². The van der Waals surface area contributed by atoms with Gasteiger partial charge in [-0.25, -0.2) is 0 Å². The fourth-order valence-electron chi connectivity index (χ4n) is 1.54. The maximum atomic E-state index is 10.5. The van der Waals surface area contributed by atoms with Gasteiger partial charge in [-0.1, -0.05) is 23.1 Å². The van der Waals surface area contributed by atoms with Crippen molar-refractivity contribution < 1.29 is 9.90 Å². The molecule has 20 heavy (non-hydrogen) atoms. The second-order valence-corrected chi connectivity index (χ2v) is 6.08. The second kappa shape index (κ2) is 7.20. The molecule has 6 nitrogen and oxygen atoms in total. The Morgan fingerprint density at radius 3 is 2.80 bits per heavy atom. The van der Waals surface area contributed by atoms with Gasteiger partial charge in [-0.05, 0) is 24.6 Å². The molecule has 0 atom stereocenters. The Morgan fingerprint density at radius 2 is 2.15 bits per heavy atom. The number of aliphatic carboxylic acids is 1. The van der Waals surface area contributed by atoms with Crippen molar-refractivity contribution in [2.45, 2.75) is 17.8 Å². The first-order chi connectivity index (χ1) is 9.69. The third kappa shape index (κ3) is 4.17. The number of hydrogen-bond donors (Lipinski definition) is 1. The summed E-state index contributed by atoms with van der Waals surface area (Å²) < 4.78 is 0.676. The third-order valence-electron chi connectivity index (χ3n) is 2.49. The number of pyridine rings is 1. The Bertz CT molecular complexity index is 562. The van der Waals surface area contributed by atoms with Gasteiger partial charge in [0.05, 0.1) is 5.75 Å². The van der Waals surface area contributed by atoms with Gasteiger partial charge in [-0.15, -0.1) is 10.2 Å². The summed E-state index contributed by atoms with van der Waals surface area (Å²) >= 11 is 2.61. The van der Waals surface area contributed by atoms with Crippen LogP contribution in [0.2, 0.25) is 0 Å². The van der Waals surface area contributed by atoms with Crippen molar-refractivity contribution in [1.29, 1.82) is 0 Å². The molecule has 1 N–H and O–H groups in total. The van der Waals surface area contributed by atoms with E-state index in [4.69, 9.17) is 5.11 Å². The summed E-state index contributed by atoms with van der Waals surface area (Å²) in [5.74, 6) is -0.846. The molecule has 0 fully saturated rings. The first-order valence-electron chi connectivity index (χ1n) is 6.01. The maximum Gasteiger partial charge on any atom is 0.313 e. The number of carbonyl (C=O) groups is 1. The van der Waals surface area contributed by atoms with Gasteiger partial charge in [0.1, 0.15) is 0 Å². The van der Waals surface area contributed by atoms with Gasteiger partial charge in [-0.3, -0.25) is 9.78 Å². The normalized spacial score (nSPS) is 10.4. The molecule has 0 aliphatic carbocycles. The van der Waals surface area contributed by atoms with Crippen LogP contribution in [0.5, 0.6) is 0 Å².